The minimum Gasteiger partial charge on any atom is -0.383 e. The molecule has 0 saturated heterocycles. The van der Waals surface area contributed by atoms with Crippen LogP contribution in [0.4, 0.5) is 0 Å². The molecule has 0 aliphatic carbocycles. The molecular weight excluding hydrogens is 190 g/mol. The van der Waals surface area contributed by atoms with Crippen molar-refractivity contribution in [2.75, 3.05) is 33.9 Å². The highest BCUT2D eigenvalue weighted by Gasteiger charge is 2.14. The topological polar surface area (TPSA) is 51.4 Å². The van der Waals surface area contributed by atoms with Crippen LogP contribution in [-0.2, 0) is 4.74 Å². The van der Waals surface area contributed by atoms with E-state index in [0.717, 1.165) is 13.2 Å². The van der Waals surface area contributed by atoms with Gasteiger partial charge in [-0.2, -0.15) is 0 Å². The number of aromatic nitrogens is 1. The molecular formula is C11H19N3O. The molecule has 1 aromatic rings. The Morgan fingerprint density at radius 1 is 1.47 bits per heavy atom. The predicted molar refractivity (Wildman–Crippen MR) is 60.5 cm³/mol. The molecule has 1 heterocycles. The molecule has 2 N–H and O–H groups in total. The second-order valence-electron chi connectivity index (χ2n) is 3.51. The summed E-state index contributed by atoms with van der Waals surface area (Å²) in [4.78, 5) is 6.19. The van der Waals surface area contributed by atoms with Crippen molar-refractivity contribution in [1.29, 1.82) is 0 Å². The maximum atomic E-state index is 5.77. The van der Waals surface area contributed by atoms with Gasteiger partial charge < -0.3 is 10.5 Å². The molecule has 1 rings (SSSR count). The van der Waals surface area contributed by atoms with Crippen LogP contribution in [0.5, 0.6) is 0 Å². The maximum Gasteiger partial charge on any atom is 0.0589 e. The van der Waals surface area contributed by atoms with Gasteiger partial charge in [0.1, 0.15) is 0 Å². The van der Waals surface area contributed by atoms with Crippen LogP contribution in [-0.4, -0.2) is 43.7 Å². The van der Waals surface area contributed by atoms with Crippen molar-refractivity contribution in [3.63, 3.8) is 0 Å². The van der Waals surface area contributed by atoms with Crippen molar-refractivity contribution >= 4 is 0 Å². The third kappa shape index (κ3) is 3.58. The Bertz CT molecular complexity index is 266. The number of rotatable bonds is 6. The zero-order valence-electron chi connectivity index (χ0n) is 9.39. The van der Waals surface area contributed by atoms with Gasteiger partial charge >= 0.3 is 0 Å². The Kier molecular flexibility index (Phi) is 5.25. The van der Waals surface area contributed by atoms with Crippen molar-refractivity contribution in [3.8, 4) is 0 Å². The molecule has 4 heteroatoms. The minimum absolute atomic E-state index is 0.239. The highest BCUT2D eigenvalue weighted by Crippen LogP contribution is 2.16. The number of likely N-dealkylation sites (N-methyl/N-ethyl adjacent to an activating group) is 1. The van der Waals surface area contributed by atoms with E-state index in [0.29, 0.717) is 6.54 Å². The average Bonchev–Trinajstić information content (AvgIpc) is 2.29. The van der Waals surface area contributed by atoms with Crippen LogP contribution in [0.2, 0.25) is 0 Å². The molecule has 1 aromatic heterocycles. The fourth-order valence-electron chi connectivity index (χ4n) is 1.55. The molecule has 1 atom stereocenters. The number of nitrogens with zero attached hydrogens (tertiary/aromatic N) is 2. The quantitative estimate of drug-likeness (QED) is 0.747. The Morgan fingerprint density at radius 3 is 2.67 bits per heavy atom. The van der Waals surface area contributed by atoms with Crippen LogP contribution in [0.25, 0.3) is 0 Å². The van der Waals surface area contributed by atoms with Crippen LogP contribution >= 0.6 is 0 Å². The van der Waals surface area contributed by atoms with E-state index in [4.69, 9.17) is 10.5 Å². The molecule has 0 aromatic carbocycles. The standard InChI is InChI=1S/C11H19N3O/c1-14(7-8-15-2)11(9-12)10-3-5-13-6-4-10/h3-6,11H,7-9,12H2,1-2H3. The molecule has 0 radical (unpaired) electrons. The van der Waals surface area contributed by atoms with E-state index in [2.05, 4.69) is 16.9 Å². The number of ether oxygens (including phenoxy) is 1. The Labute approximate surface area is 91.1 Å². The fraction of sp³-hybridized carbons (Fsp3) is 0.545. The molecule has 84 valence electrons. The molecule has 0 aliphatic heterocycles. The first-order chi connectivity index (χ1) is 7.29. The number of methoxy groups -OCH3 is 1. The highest BCUT2D eigenvalue weighted by atomic mass is 16.5. The van der Waals surface area contributed by atoms with Gasteiger partial charge in [0.2, 0.25) is 0 Å². The lowest BCUT2D eigenvalue weighted by Crippen LogP contribution is -2.32. The average molecular weight is 209 g/mol. The first-order valence-corrected chi connectivity index (χ1v) is 5.08. The van der Waals surface area contributed by atoms with E-state index in [1.54, 1.807) is 19.5 Å². The fourth-order valence-corrected chi connectivity index (χ4v) is 1.55. The van der Waals surface area contributed by atoms with E-state index in [9.17, 15) is 0 Å². The zero-order valence-corrected chi connectivity index (χ0v) is 9.39. The zero-order chi connectivity index (χ0) is 11.1. The van der Waals surface area contributed by atoms with Crippen LogP contribution in [0.1, 0.15) is 11.6 Å². The molecule has 0 fully saturated rings. The molecule has 0 spiro atoms. The lowest BCUT2D eigenvalue weighted by atomic mass is 10.1. The smallest absolute Gasteiger partial charge is 0.0589 e. The van der Waals surface area contributed by atoms with Gasteiger partial charge in [-0.15, -0.1) is 0 Å². The molecule has 0 aliphatic rings. The number of hydrogen-bond donors (Lipinski definition) is 1. The van der Waals surface area contributed by atoms with E-state index in [-0.39, 0.29) is 6.04 Å². The van der Waals surface area contributed by atoms with E-state index in [1.807, 2.05) is 12.1 Å². The number of nitrogens with two attached hydrogens (primary N) is 1. The molecule has 0 amide bonds. The molecule has 4 nitrogen and oxygen atoms in total. The summed E-state index contributed by atoms with van der Waals surface area (Å²) in [6, 6.07) is 4.24. The third-order valence-electron chi connectivity index (χ3n) is 2.49. The van der Waals surface area contributed by atoms with Gasteiger partial charge in [0, 0.05) is 38.6 Å². The van der Waals surface area contributed by atoms with Crippen molar-refractivity contribution in [1.82, 2.24) is 9.88 Å². The first-order valence-electron chi connectivity index (χ1n) is 5.08. The molecule has 1 unspecified atom stereocenters. The van der Waals surface area contributed by atoms with Gasteiger partial charge in [-0.1, -0.05) is 0 Å². The van der Waals surface area contributed by atoms with Crippen molar-refractivity contribution in [2.24, 2.45) is 5.73 Å². The highest BCUT2D eigenvalue weighted by molar-refractivity contribution is 5.15. The van der Waals surface area contributed by atoms with Crippen molar-refractivity contribution in [2.45, 2.75) is 6.04 Å². The Hall–Kier alpha value is -0.970. The van der Waals surface area contributed by atoms with Gasteiger partial charge in [-0.3, -0.25) is 9.88 Å². The van der Waals surface area contributed by atoms with Crippen LogP contribution in [0.3, 0.4) is 0 Å². The summed E-state index contributed by atoms with van der Waals surface area (Å²) in [6.45, 7) is 2.20. The number of hydrogen-bond acceptors (Lipinski definition) is 4. The lowest BCUT2D eigenvalue weighted by Gasteiger charge is -2.26. The second kappa shape index (κ2) is 6.50. The SMILES string of the molecule is COCCN(C)C(CN)c1ccncc1. The summed E-state index contributed by atoms with van der Waals surface area (Å²) in [5.74, 6) is 0. The van der Waals surface area contributed by atoms with E-state index < -0.39 is 0 Å². The van der Waals surface area contributed by atoms with Crippen LogP contribution < -0.4 is 5.73 Å². The van der Waals surface area contributed by atoms with Gasteiger partial charge in [0.15, 0.2) is 0 Å². The summed E-state index contributed by atoms with van der Waals surface area (Å²) < 4.78 is 5.05. The normalized spacial score (nSPS) is 13.1. The van der Waals surface area contributed by atoms with Gasteiger partial charge in [0.25, 0.3) is 0 Å². The van der Waals surface area contributed by atoms with E-state index in [1.165, 1.54) is 5.56 Å². The summed E-state index contributed by atoms with van der Waals surface area (Å²) in [6.07, 6.45) is 3.59. The third-order valence-corrected chi connectivity index (χ3v) is 2.49. The Morgan fingerprint density at radius 2 is 2.13 bits per heavy atom. The first kappa shape index (κ1) is 12.1. The van der Waals surface area contributed by atoms with Crippen LogP contribution in [0.15, 0.2) is 24.5 Å². The number of pyridine rings is 1. The summed E-state index contributed by atoms with van der Waals surface area (Å²) >= 11 is 0. The summed E-state index contributed by atoms with van der Waals surface area (Å²) in [7, 11) is 3.76. The predicted octanol–water partition coefficient (Wildman–Crippen LogP) is 0.660. The van der Waals surface area contributed by atoms with Crippen molar-refractivity contribution < 1.29 is 4.74 Å². The van der Waals surface area contributed by atoms with E-state index >= 15 is 0 Å². The monoisotopic (exact) mass is 209 g/mol. The second-order valence-corrected chi connectivity index (χ2v) is 3.51. The van der Waals surface area contributed by atoms with Crippen molar-refractivity contribution in [3.05, 3.63) is 30.1 Å². The maximum absolute atomic E-state index is 5.77. The van der Waals surface area contributed by atoms with Gasteiger partial charge in [0.05, 0.1) is 6.61 Å². The molecule has 0 bridgehead atoms. The molecule has 0 saturated carbocycles. The summed E-state index contributed by atoms with van der Waals surface area (Å²) in [5, 5.41) is 0. The van der Waals surface area contributed by atoms with Gasteiger partial charge in [-0.05, 0) is 24.7 Å². The Balaban J connectivity index is 2.63. The molecule has 15 heavy (non-hydrogen) atoms. The summed E-state index contributed by atoms with van der Waals surface area (Å²) in [5.41, 5.74) is 6.97. The van der Waals surface area contributed by atoms with Crippen LogP contribution in [0, 0.1) is 0 Å². The van der Waals surface area contributed by atoms with Gasteiger partial charge in [-0.25, -0.2) is 0 Å². The minimum atomic E-state index is 0.239. The largest absolute Gasteiger partial charge is 0.383 e. The lowest BCUT2D eigenvalue weighted by molar-refractivity contribution is 0.140.